The number of rotatable bonds is 8. The van der Waals surface area contributed by atoms with Crippen molar-refractivity contribution >= 4 is 52.0 Å². The van der Waals surface area contributed by atoms with E-state index in [9.17, 15) is 9.59 Å². The molecule has 0 heterocycles. The molecule has 0 spiro atoms. The summed E-state index contributed by atoms with van der Waals surface area (Å²) in [6, 6.07) is 13.4. The second kappa shape index (κ2) is 14.4. The minimum Gasteiger partial charge on any atom is -0.298 e. The van der Waals surface area contributed by atoms with Crippen LogP contribution in [0.3, 0.4) is 0 Å². The van der Waals surface area contributed by atoms with Crippen molar-refractivity contribution in [3.63, 3.8) is 0 Å². The Bertz CT molecular complexity index is 865. The fourth-order valence-electron chi connectivity index (χ4n) is 2.05. The number of thioether (sulfide) groups is 2. The highest BCUT2D eigenvalue weighted by atomic mass is 79.9. The van der Waals surface area contributed by atoms with Gasteiger partial charge in [0.2, 0.25) is 0 Å². The fourth-order valence-corrected chi connectivity index (χ4v) is 4.52. The predicted molar refractivity (Wildman–Crippen MR) is 132 cm³/mol. The van der Waals surface area contributed by atoms with Crippen LogP contribution in [0.2, 0.25) is 0 Å². The van der Waals surface area contributed by atoms with Crippen molar-refractivity contribution in [3.05, 3.63) is 81.4 Å². The van der Waals surface area contributed by atoms with E-state index in [0.29, 0.717) is 0 Å². The molecule has 0 saturated heterocycles. The number of benzene rings is 2. The molecular formula is C24H27BrO2S2. The molecule has 0 amide bonds. The number of allylic oxidation sites excluding steroid dienone is 2. The maximum atomic E-state index is 10.8. The van der Waals surface area contributed by atoms with Crippen LogP contribution in [0.15, 0.2) is 80.0 Å². The summed E-state index contributed by atoms with van der Waals surface area (Å²) in [5.41, 5.74) is 4.13. The molecular weight excluding hydrogens is 464 g/mol. The van der Waals surface area contributed by atoms with Crippen molar-refractivity contribution in [1.82, 2.24) is 0 Å². The van der Waals surface area contributed by atoms with Crippen LogP contribution in [0.25, 0.3) is 0 Å². The van der Waals surface area contributed by atoms with Crippen LogP contribution in [-0.2, 0) is 0 Å². The van der Waals surface area contributed by atoms with E-state index in [2.05, 4.69) is 55.8 Å². The molecule has 0 aliphatic carbocycles. The number of carbonyl (C=O) groups is 2. The number of hydrogen-bond donors (Lipinski definition) is 0. The first-order valence-electron chi connectivity index (χ1n) is 9.18. The highest BCUT2D eigenvalue weighted by Gasteiger charge is 2.02. The van der Waals surface area contributed by atoms with Crippen LogP contribution in [0.1, 0.15) is 48.4 Å². The van der Waals surface area contributed by atoms with Crippen molar-refractivity contribution in [1.29, 1.82) is 0 Å². The number of hydrogen-bond acceptors (Lipinski definition) is 4. The average molecular weight is 492 g/mol. The van der Waals surface area contributed by atoms with Crippen molar-refractivity contribution in [2.45, 2.75) is 37.5 Å². The summed E-state index contributed by atoms with van der Waals surface area (Å²) in [6.45, 7) is 8.30. The first-order chi connectivity index (χ1) is 13.9. The molecule has 0 fully saturated rings. The first kappa shape index (κ1) is 25.5. The molecule has 0 aliphatic heterocycles. The molecule has 0 aromatic heterocycles. The summed E-state index contributed by atoms with van der Waals surface area (Å²) >= 11 is 6.72. The van der Waals surface area contributed by atoms with E-state index >= 15 is 0 Å². The largest absolute Gasteiger partial charge is 0.298 e. The quantitative estimate of drug-likeness (QED) is 0.214. The van der Waals surface area contributed by atoms with E-state index in [-0.39, 0.29) is 0 Å². The molecule has 2 aromatic rings. The average Bonchev–Trinajstić information content (AvgIpc) is 2.69. The van der Waals surface area contributed by atoms with E-state index in [1.165, 1.54) is 11.1 Å². The maximum absolute atomic E-state index is 10.8. The van der Waals surface area contributed by atoms with Gasteiger partial charge in [-0.25, -0.2) is 0 Å². The third kappa shape index (κ3) is 10.7. The number of aldehydes is 2. The van der Waals surface area contributed by atoms with E-state index in [0.717, 1.165) is 49.5 Å². The lowest BCUT2D eigenvalue weighted by atomic mass is 10.2. The SMILES string of the molecule is CC(C)=CCSc1ccc(Br)cc1C=O.CC(C)=CCSc1ccccc1C=O. The van der Waals surface area contributed by atoms with Gasteiger partial charge in [0.05, 0.1) is 0 Å². The van der Waals surface area contributed by atoms with Crippen molar-refractivity contribution in [2.24, 2.45) is 0 Å². The van der Waals surface area contributed by atoms with E-state index in [1.807, 2.05) is 42.5 Å². The lowest BCUT2D eigenvalue weighted by Gasteiger charge is -2.03. The van der Waals surface area contributed by atoms with Crippen LogP contribution < -0.4 is 0 Å². The van der Waals surface area contributed by atoms with Gasteiger partial charge in [0.25, 0.3) is 0 Å². The molecule has 0 atom stereocenters. The molecule has 2 nitrogen and oxygen atoms in total. The van der Waals surface area contributed by atoms with Crippen LogP contribution in [0.4, 0.5) is 0 Å². The molecule has 0 N–H and O–H groups in total. The normalized spacial score (nSPS) is 9.69. The number of halogens is 1. The van der Waals surface area contributed by atoms with Gasteiger partial charge in [-0.2, -0.15) is 0 Å². The molecule has 5 heteroatoms. The van der Waals surface area contributed by atoms with Gasteiger partial charge in [-0.15, -0.1) is 23.5 Å². The smallest absolute Gasteiger partial charge is 0.151 e. The lowest BCUT2D eigenvalue weighted by Crippen LogP contribution is -1.86. The van der Waals surface area contributed by atoms with Crippen molar-refractivity contribution in [2.75, 3.05) is 11.5 Å². The van der Waals surface area contributed by atoms with Gasteiger partial charge in [0.15, 0.2) is 12.6 Å². The highest BCUT2D eigenvalue weighted by Crippen LogP contribution is 2.25. The predicted octanol–water partition coefficient (Wildman–Crippen LogP) is 7.88. The zero-order valence-corrected chi connectivity index (χ0v) is 20.5. The molecule has 29 heavy (non-hydrogen) atoms. The second-order valence-electron chi connectivity index (χ2n) is 6.64. The molecule has 2 rings (SSSR count). The Kier molecular flexibility index (Phi) is 12.7. The second-order valence-corrected chi connectivity index (χ2v) is 9.68. The molecule has 0 aliphatic rings. The lowest BCUT2D eigenvalue weighted by molar-refractivity contribution is 0.111. The molecule has 154 valence electrons. The summed E-state index contributed by atoms with van der Waals surface area (Å²) < 4.78 is 0.941. The molecule has 0 bridgehead atoms. The first-order valence-corrected chi connectivity index (χ1v) is 11.9. The van der Waals surface area contributed by atoms with E-state index in [4.69, 9.17) is 0 Å². The van der Waals surface area contributed by atoms with Gasteiger partial charge in [0, 0.05) is 36.9 Å². The third-order valence-corrected chi connectivity index (χ3v) is 6.13. The Hall–Kier alpha value is -1.56. The topological polar surface area (TPSA) is 34.1 Å². The Morgan fingerprint density at radius 1 is 0.793 bits per heavy atom. The zero-order valence-electron chi connectivity index (χ0n) is 17.3. The van der Waals surface area contributed by atoms with Crippen LogP contribution in [-0.4, -0.2) is 24.1 Å². The number of carbonyl (C=O) groups excluding carboxylic acids is 2. The molecule has 0 saturated carbocycles. The maximum Gasteiger partial charge on any atom is 0.151 e. The van der Waals surface area contributed by atoms with Gasteiger partial charge < -0.3 is 0 Å². The Balaban J connectivity index is 0.000000291. The minimum absolute atomic E-state index is 0.747. The van der Waals surface area contributed by atoms with Crippen LogP contribution in [0.5, 0.6) is 0 Å². The van der Waals surface area contributed by atoms with E-state index in [1.54, 1.807) is 23.5 Å². The Morgan fingerprint density at radius 2 is 1.31 bits per heavy atom. The van der Waals surface area contributed by atoms with Crippen molar-refractivity contribution < 1.29 is 9.59 Å². The molecule has 2 aromatic carbocycles. The summed E-state index contributed by atoms with van der Waals surface area (Å²) in [5, 5.41) is 0. The van der Waals surface area contributed by atoms with Gasteiger partial charge in [-0.1, -0.05) is 57.4 Å². The summed E-state index contributed by atoms with van der Waals surface area (Å²) in [4.78, 5) is 23.6. The van der Waals surface area contributed by atoms with Crippen molar-refractivity contribution in [3.8, 4) is 0 Å². The summed E-state index contributed by atoms with van der Waals surface area (Å²) in [5.74, 6) is 1.83. The monoisotopic (exact) mass is 490 g/mol. The van der Waals surface area contributed by atoms with Crippen LogP contribution >= 0.6 is 39.5 Å². The van der Waals surface area contributed by atoms with Gasteiger partial charge >= 0.3 is 0 Å². The minimum atomic E-state index is 0.747. The van der Waals surface area contributed by atoms with E-state index < -0.39 is 0 Å². The highest BCUT2D eigenvalue weighted by molar-refractivity contribution is 9.10. The van der Waals surface area contributed by atoms with Gasteiger partial charge in [-0.3, -0.25) is 9.59 Å². The Labute approximate surface area is 191 Å². The third-order valence-electron chi connectivity index (χ3n) is 3.61. The Morgan fingerprint density at radius 3 is 1.83 bits per heavy atom. The van der Waals surface area contributed by atoms with Gasteiger partial charge in [-0.05, 0) is 52.0 Å². The standard InChI is InChI=1S/C12H13BrOS.C12H14OS/c1-9(2)5-6-15-12-4-3-11(13)7-10(12)8-14;1-10(2)7-8-14-12-6-4-3-5-11(12)9-13/h3-5,7-8H,6H2,1-2H3;3-7,9H,8H2,1-2H3. The zero-order chi connectivity index (χ0) is 21.6. The van der Waals surface area contributed by atoms with Crippen LogP contribution in [0, 0.1) is 0 Å². The summed E-state index contributed by atoms with van der Waals surface area (Å²) in [6.07, 6.45) is 6.12. The molecule has 0 radical (unpaired) electrons. The summed E-state index contributed by atoms with van der Waals surface area (Å²) in [7, 11) is 0. The molecule has 0 unspecified atom stereocenters. The fraction of sp³-hybridized carbons (Fsp3) is 0.250. The van der Waals surface area contributed by atoms with Gasteiger partial charge in [0.1, 0.15) is 0 Å².